The van der Waals surface area contributed by atoms with E-state index in [1.54, 1.807) is 7.05 Å². The lowest BCUT2D eigenvalue weighted by Crippen LogP contribution is -2.37. The van der Waals surface area contributed by atoms with Crippen LogP contribution < -0.4 is 10.6 Å². The Bertz CT molecular complexity index is 1060. The molecular formula is C19H22N8. The van der Waals surface area contributed by atoms with Gasteiger partial charge in [0, 0.05) is 26.3 Å². The Balaban J connectivity index is 1.27. The number of nitrogens with one attached hydrogen (secondary N) is 2. The van der Waals surface area contributed by atoms with E-state index in [4.69, 9.17) is 0 Å². The van der Waals surface area contributed by atoms with E-state index >= 15 is 0 Å². The lowest BCUT2D eigenvalue weighted by Gasteiger charge is -2.11. The van der Waals surface area contributed by atoms with Gasteiger partial charge in [0.1, 0.15) is 0 Å². The second kappa shape index (κ2) is 7.86. The minimum atomic E-state index is 0.553. The summed E-state index contributed by atoms with van der Waals surface area (Å²) in [5, 5.41) is 15.0. The van der Waals surface area contributed by atoms with Crippen LogP contribution in [0.2, 0.25) is 0 Å². The molecule has 0 amide bonds. The van der Waals surface area contributed by atoms with E-state index in [-0.39, 0.29) is 0 Å². The van der Waals surface area contributed by atoms with Crippen LogP contribution in [-0.4, -0.2) is 43.7 Å². The van der Waals surface area contributed by atoms with Crippen LogP contribution in [0.3, 0.4) is 0 Å². The summed E-state index contributed by atoms with van der Waals surface area (Å²) in [6.07, 6.45) is 4.82. The molecule has 27 heavy (non-hydrogen) atoms. The highest BCUT2D eigenvalue weighted by molar-refractivity contribution is 5.79. The summed E-state index contributed by atoms with van der Waals surface area (Å²) in [6.45, 7) is 2.27. The van der Waals surface area contributed by atoms with Gasteiger partial charge in [-0.1, -0.05) is 18.2 Å². The van der Waals surface area contributed by atoms with Crippen LogP contribution in [-0.2, 0) is 13.1 Å². The highest BCUT2D eigenvalue weighted by atomic mass is 15.3. The fourth-order valence-corrected chi connectivity index (χ4v) is 3.04. The molecule has 2 N–H and O–H groups in total. The van der Waals surface area contributed by atoms with Crippen molar-refractivity contribution in [1.82, 2.24) is 34.8 Å². The lowest BCUT2D eigenvalue weighted by atomic mass is 10.3. The molecule has 0 saturated heterocycles. The number of hydrogen-bond acceptors (Lipinski definition) is 4. The van der Waals surface area contributed by atoms with E-state index in [2.05, 4.69) is 41.4 Å². The SMILES string of the molecule is CN=C(NCCCn1cnc2ccccc21)NCc1nnc2ccccn12. The fraction of sp³-hybridized carbons (Fsp3) is 0.263. The predicted octanol–water partition coefficient (Wildman–Crippen LogP) is 1.83. The standard InChI is InChI=1S/C19H22N8/c1-20-19(22-13-18-25-24-17-9-4-5-12-27(17)18)21-10-6-11-26-14-23-15-7-2-3-8-16(15)26/h2-5,7-9,12,14H,6,10-11,13H2,1H3,(H2,20,21,22). The molecule has 1 aromatic carbocycles. The molecule has 0 bridgehead atoms. The van der Waals surface area contributed by atoms with Gasteiger partial charge in [0.05, 0.1) is 23.9 Å². The van der Waals surface area contributed by atoms with Gasteiger partial charge in [0.15, 0.2) is 17.4 Å². The Hall–Kier alpha value is -3.42. The number of nitrogens with zero attached hydrogens (tertiary/aromatic N) is 6. The molecule has 4 rings (SSSR count). The van der Waals surface area contributed by atoms with E-state index in [0.29, 0.717) is 6.54 Å². The van der Waals surface area contributed by atoms with Crippen LogP contribution in [0.4, 0.5) is 0 Å². The van der Waals surface area contributed by atoms with Crippen LogP contribution in [0.1, 0.15) is 12.2 Å². The van der Waals surface area contributed by atoms with Crippen LogP contribution in [0.15, 0.2) is 60.0 Å². The second-order valence-electron chi connectivity index (χ2n) is 6.18. The van der Waals surface area contributed by atoms with Gasteiger partial charge in [-0.25, -0.2) is 4.98 Å². The number of imidazole rings is 1. The Morgan fingerprint density at radius 2 is 1.96 bits per heavy atom. The molecule has 0 atom stereocenters. The lowest BCUT2D eigenvalue weighted by molar-refractivity contribution is 0.635. The third kappa shape index (κ3) is 3.74. The zero-order valence-corrected chi connectivity index (χ0v) is 15.2. The Kier molecular flexibility index (Phi) is 4.95. The smallest absolute Gasteiger partial charge is 0.191 e. The Morgan fingerprint density at radius 3 is 2.89 bits per heavy atom. The number of aliphatic imine (C=N–C) groups is 1. The summed E-state index contributed by atoms with van der Waals surface area (Å²) in [6, 6.07) is 14.0. The zero-order valence-electron chi connectivity index (χ0n) is 15.2. The molecule has 0 aliphatic heterocycles. The summed E-state index contributed by atoms with van der Waals surface area (Å²) in [5.74, 6) is 1.59. The van der Waals surface area contributed by atoms with Crippen molar-refractivity contribution >= 4 is 22.6 Å². The van der Waals surface area contributed by atoms with E-state index in [9.17, 15) is 0 Å². The molecule has 8 heteroatoms. The number of rotatable bonds is 6. The topological polar surface area (TPSA) is 84.4 Å². The summed E-state index contributed by atoms with van der Waals surface area (Å²) in [5.41, 5.74) is 3.03. The normalized spacial score (nSPS) is 12.0. The first-order valence-electron chi connectivity index (χ1n) is 8.98. The maximum atomic E-state index is 4.42. The van der Waals surface area contributed by atoms with Crippen LogP contribution in [0.5, 0.6) is 0 Å². The van der Waals surface area contributed by atoms with E-state index < -0.39 is 0 Å². The number of guanidine groups is 1. The largest absolute Gasteiger partial charge is 0.356 e. The van der Waals surface area contributed by atoms with Gasteiger partial charge in [-0.2, -0.15) is 0 Å². The molecule has 0 spiro atoms. The van der Waals surface area contributed by atoms with E-state index in [0.717, 1.165) is 42.5 Å². The Morgan fingerprint density at radius 1 is 1.07 bits per heavy atom. The molecule has 0 aliphatic rings. The molecule has 138 valence electrons. The maximum absolute atomic E-state index is 4.42. The van der Waals surface area contributed by atoms with Gasteiger partial charge in [0.25, 0.3) is 0 Å². The molecule has 8 nitrogen and oxygen atoms in total. The van der Waals surface area contributed by atoms with Crippen molar-refractivity contribution in [1.29, 1.82) is 0 Å². The first kappa shape index (κ1) is 17.0. The molecule has 4 aromatic rings. The number of hydrogen-bond donors (Lipinski definition) is 2. The summed E-state index contributed by atoms with van der Waals surface area (Å²) in [4.78, 5) is 8.69. The van der Waals surface area contributed by atoms with Gasteiger partial charge in [0.2, 0.25) is 0 Å². The van der Waals surface area contributed by atoms with Crippen molar-refractivity contribution < 1.29 is 0 Å². The minimum absolute atomic E-state index is 0.553. The average Bonchev–Trinajstić information content (AvgIpc) is 3.32. The fourth-order valence-electron chi connectivity index (χ4n) is 3.04. The number of fused-ring (bicyclic) bond motifs is 2. The first-order chi connectivity index (χ1) is 13.3. The highest BCUT2D eigenvalue weighted by Crippen LogP contribution is 2.11. The molecule has 0 fully saturated rings. The van der Waals surface area contributed by atoms with E-state index in [1.165, 1.54) is 5.52 Å². The summed E-state index contributed by atoms with van der Waals surface area (Å²) < 4.78 is 4.14. The molecular weight excluding hydrogens is 340 g/mol. The van der Waals surface area contributed by atoms with Crippen LogP contribution >= 0.6 is 0 Å². The van der Waals surface area contributed by atoms with Crippen molar-refractivity contribution in [2.24, 2.45) is 4.99 Å². The second-order valence-corrected chi connectivity index (χ2v) is 6.18. The third-order valence-electron chi connectivity index (χ3n) is 4.42. The average molecular weight is 362 g/mol. The van der Waals surface area contributed by atoms with Crippen molar-refractivity contribution in [2.45, 2.75) is 19.5 Å². The first-order valence-corrected chi connectivity index (χ1v) is 8.98. The predicted molar refractivity (Wildman–Crippen MR) is 106 cm³/mol. The van der Waals surface area contributed by atoms with Crippen LogP contribution in [0.25, 0.3) is 16.7 Å². The van der Waals surface area contributed by atoms with Crippen molar-refractivity contribution in [2.75, 3.05) is 13.6 Å². The number of aryl methyl sites for hydroxylation is 1. The zero-order chi connectivity index (χ0) is 18.5. The van der Waals surface area contributed by atoms with Crippen molar-refractivity contribution in [3.63, 3.8) is 0 Å². The van der Waals surface area contributed by atoms with Gasteiger partial charge in [-0.3, -0.25) is 9.39 Å². The van der Waals surface area contributed by atoms with Crippen molar-refractivity contribution in [3.05, 3.63) is 60.8 Å². The third-order valence-corrected chi connectivity index (χ3v) is 4.42. The maximum Gasteiger partial charge on any atom is 0.191 e. The molecule has 0 radical (unpaired) electrons. The molecule has 0 unspecified atom stereocenters. The molecule has 3 aromatic heterocycles. The molecule has 3 heterocycles. The number of para-hydroxylation sites is 2. The molecule has 0 aliphatic carbocycles. The molecule has 0 saturated carbocycles. The minimum Gasteiger partial charge on any atom is -0.356 e. The highest BCUT2D eigenvalue weighted by Gasteiger charge is 2.06. The summed E-state index contributed by atoms with van der Waals surface area (Å²) >= 11 is 0. The quantitative estimate of drug-likeness (QED) is 0.311. The van der Waals surface area contributed by atoms with Crippen LogP contribution in [0, 0.1) is 0 Å². The van der Waals surface area contributed by atoms with Gasteiger partial charge in [-0.15, -0.1) is 10.2 Å². The number of aromatic nitrogens is 5. The number of pyridine rings is 1. The van der Waals surface area contributed by atoms with Gasteiger partial charge in [-0.05, 0) is 30.7 Å². The van der Waals surface area contributed by atoms with Crippen molar-refractivity contribution in [3.8, 4) is 0 Å². The Labute approximate surface area is 157 Å². The summed E-state index contributed by atoms with van der Waals surface area (Å²) in [7, 11) is 1.76. The monoisotopic (exact) mass is 362 g/mol. The van der Waals surface area contributed by atoms with Gasteiger partial charge >= 0.3 is 0 Å². The van der Waals surface area contributed by atoms with E-state index in [1.807, 2.05) is 53.3 Å². The van der Waals surface area contributed by atoms with Gasteiger partial charge < -0.3 is 15.2 Å². The number of benzene rings is 1.